The maximum absolute atomic E-state index is 11.3. The van der Waals surface area contributed by atoms with Gasteiger partial charge in [-0.2, -0.15) is 0 Å². The van der Waals surface area contributed by atoms with E-state index in [0.29, 0.717) is 11.8 Å². The first kappa shape index (κ1) is 10.7. The molecule has 0 bridgehead atoms. The minimum atomic E-state index is -0.191. The average molecular weight is 212 g/mol. The Bertz CT molecular complexity index is 241. The molecule has 1 saturated heterocycles. The molecule has 86 valence electrons. The molecule has 4 nitrogen and oxygen atoms in total. The normalized spacial score (nSPS) is 27.9. The molecule has 0 radical (unpaired) electrons. The second-order valence-electron chi connectivity index (χ2n) is 4.70. The smallest absolute Gasteiger partial charge is 0.409 e. The van der Waals surface area contributed by atoms with Gasteiger partial charge in [-0.15, -0.1) is 0 Å². The largest absolute Gasteiger partial charge is 0.453 e. The van der Waals surface area contributed by atoms with Crippen LogP contribution in [0.3, 0.4) is 0 Å². The second-order valence-corrected chi connectivity index (χ2v) is 4.70. The van der Waals surface area contributed by atoms with Gasteiger partial charge in [0.1, 0.15) is 0 Å². The molecule has 0 aromatic carbocycles. The van der Waals surface area contributed by atoms with E-state index in [-0.39, 0.29) is 6.09 Å². The number of hydrogen-bond acceptors (Lipinski definition) is 3. The molecular weight excluding hydrogens is 192 g/mol. The molecule has 2 aliphatic rings. The van der Waals surface area contributed by atoms with Crippen molar-refractivity contribution in [2.75, 3.05) is 26.7 Å². The van der Waals surface area contributed by atoms with Gasteiger partial charge in [0.05, 0.1) is 7.11 Å². The molecule has 0 aromatic heterocycles. The number of nitrogens with zero attached hydrogens (tertiary/aromatic N) is 1. The lowest BCUT2D eigenvalue weighted by Crippen LogP contribution is -2.31. The molecule has 2 atom stereocenters. The zero-order valence-corrected chi connectivity index (χ0v) is 9.32. The van der Waals surface area contributed by atoms with Crippen LogP contribution in [-0.2, 0) is 4.74 Å². The molecule has 1 amide bonds. The number of carbonyl (C=O) groups is 1. The van der Waals surface area contributed by atoms with Gasteiger partial charge in [-0.1, -0.05) is 0 Å². The number of amides is 1. The Morgan fingerprint density at radius 3 is 2.73 bits per heavy atom. The van der Waals surface area contributed by atoms with Gasteiger partial charge < -0.3 is 15.4 Å². The number of hydrogen-bond donors (Lipinski definition) is 1. The van der Waals surface area contributed by atoms with E-state index in [1.54, 1.807) is 4.90 Å². The molecule has 2 unspecified atom stereocenters. The molecule has 15 heavy (non-hydrogen) atoms. The number of ether oxygens (including phenoxy) is 1. The Morgan fingerprint density at radius 2 is 2.20 bits per heavy atom. The van der Waals surface area contributed by atoms with Crippen molar-refractivity contribution in [2.24, 2.45) is 23.5 Å². The van der Waals surface area contributed by atoms with Crippen LogP contribution >= 0.6 is 0 Å². The molecule has 0 spiro atoms. The number of methoxy groups -OCH3 is 1. The van der Waals surface area contributed by atoms with Crippen molar-refractivity contribution >= 4 is 6.09 Å². The van der Waals surface area contributed by atoms with Crippen LogP contribution in [0.25, 0.3) is 0 Å². The maximum atomic E-state index is 11.3. The summed E-state index contributed by atoms with van der Waals surface area (Å²) in [5.74, 6) is 2.05. The summed E-state index contributed by atoms with van der Waals surface area (Å²) < 4.78 is 4.73. The van der Waals surface area contributed by atoms with E-state index in [1.165, 1.54) is 20.0 Å². The lowest BCUT2D eigenvalue weighted by atomic mass is 9.87. The van der Waals surface area contributed by atoms with E-state index in [2.05, 4.69) is 0 Å². The quantitative estimate of drug-likeness (QED) is 0.761. The van der Waals surface area contributed by atoms with E-state index in [4.69, 9.17) is 10.5 Å². The van der Waals surface area contributed by atoms with Gasteiger partial charge in [-0.3, -0.25) is 0 Å². The number of nitrogens with two attached hydrogens (primary N) is 1. The average Bonchev–Trinajstić information content (AvgIpc) is 2.96. The first-order valence-corrected chi connectivity index (χ1v) is 5.79. The van der Waals surface area contributed by atoms with Gasteiger partial charge in [0.15, 0.2) is 0 Å². The summed E-state index contributed by atoms with van der Waals surface area (Å²) >= 11 is 0. The molecular formula is C11H20N2O2. The van der Waals surface area contributed by atoms with Crippen molar-refractivity contribution in [3.8, 4) is 0 Å². The Morgan fingerprint density at radius 1 is 1.47 bits per heavy atom. The Kier molecular flexibility index (Phi) is 3.14. The van der Waals surface area contributed by atoms with Gasteiger partial charge in [-0.25, -0.2) is 4.79 Å². The fourth-order valence-corrected chi connectivity index (χ4v) is 2.73. The zero-order valence-electron chi connectivity index (χ0n) is 9.32. The molecule has 1 heterocycles. The summed E-state index contributed by atoms with van der Waals surface area (Å²) in [6.07, 6.45) is 3.56. The van der Waals surface area contributed by atoms with Crippen molar-refractivity contribution in [3.63, 3.8) is 0 Å². The molecule has 1 aliphatic heterocycles. The van der Waals surface area contributed by atoms with Crippen LogP contribution in [0.5, 0.6) is 0 Å². The zero-order chi connectivity index (χ0) is 10.8. The van der Waals surface area contributed by atoms with Crippen LogP contribution in [0, 0.1) is 17.8 Å². The van der Waals surface area contributed by atoms with Crippen molar-refractivity contribution < 1.29 is 9.53 Å². The third-order valence-electron chi connectivity index (χ3n) is 3.76. The molecule has 1 aliphatic carbocycles. The molecule has 1 saturated carbocycles. The van der Waals surface area contributed by atoms with E-state index < -0.39 is 0 Å². The maximum Gasteiger partial charge on any atom is 0.409 e. The number of likely N-dealkylation sites (tertiary alicyclic amines) is 1. The first-order valence-electron chi connectivity index (χ1n) is 5.79. The van der Waals surface area contributed by atoms with Gasteiger partial charge in [0.25, 0.3) is 0 Å². The van der Waals surface area contributed by atoms with Crippen molar-refractivity contribution in [3.05, 3.63) is 0 Å². The molecule has 2 N–H and O–H groups in total. The van der Waals surface area contributed by atoms with Crippen LogP contribution in [0.2, 0.25) is 0 Å². The van der Waals surface area contributed by atoms with Crippen molar-refractivity contribution in [1.29, 1.82) is 0 Å². The molecule has 0 aromatic rings. The number of carbonyl (C=O) groups excluding carboxylic acids is 1. The standard InChI is InChI=1S/C11H20N2O2/c1-15-11(14)13-5-4-9(7-13)10(6-12)8-2-3-8/h8-10H,2-7,12H2,1H3. The second kappa shape index (κ2) is 4.39. The molecule has 2 fully saturated rings. The summed E-state index contributed by atoms with van der Waals surface area (Å²) in [7, 11) is 1.44. The minimum Gasteiger partial charge on any atom is -0.453 e. The fourth-order valence-electron chi connectivity index (χ4n) is 2.73. The summed E-state index contributed by atoms with van der Waals surface area (Å²) in [5.41, 5.74) is 5.81. The summed E-state index contributed by atoms with van der Waals surface area (Å²) in [5, 5.41) is 0. The van der Waals surface area contributed by atoms with E-state index in [1.807, 2.05) is 0 Å². The molecule has 4 heteroatoms. The van der Waals surface area contributed by atoms with E-state index in [0.717, 1.165) is 32.0 Å². The SMILES string of the molecule is COC(=O)N1CCC(C(CN)C2CC2)C1. The third kappa shape index (κ3) is 2.25. The van der Waals surface area contributed by atoms with Crippen molar-refractivity contribution in [1.82, 2.24) is 4.90 Å². The van der Waals surface area contributed by atoms with Crippen LogP contribution in [-0.4, -0.2) is 37.7 Å². The van der Waals surface area contributed by atoms with Crippen LogP contribution in [0.15, 0.2) is 0 Å². The minimum absolute atomic E-state index is 0.191. The molecule has 2 rings (SSSR count). The topological polar surface area (TPSA) is 55.6 Å². The van der Waals surface area contributed by atoms with Crippen molar-refractivity contribution in [2.45, 2.75) is 19.3 Å². The highest BCUT2D eigenvalue weighted by Gasteiger charge is 2.39. The number of rotatable bonds is 3. The van der Waals surface area contributed by atoms with Gasteiger partial charge >= 0.3 is 6.09 Å². The Balaban J connectivity index is 1.87. The van der Waals surface area contributed by atoms with Gasteiger partial charge in [0, 0.05) is 13.1 Å². The highest BCUT2D eigenvalue weighted by molar-refractivity contribution is 5.67. The Hall–Kier alpha value is -0.770. The first-order chi connectivity index (χ1) is 7.26. The monoisotopic (exact) mass is 212 g/mol. The lowest BCUT2D eigenvalue weighted by Gasteiger charge is -2.21. The summed E-state index contributed by atoms with van der Waals surface area (Å²) in [6.45, 7) is 2.44. The van der Waals surface area contributed by atoms with E-state index in [9.17, 15) is 4.79 Å². The highest BCUT2D eigenvalue weighted by Crippen LogP contribution is 2.42. The highest BCUT2D eigenvalue weighted by atomic mass is 16.5. The summed E-state index contributed by atoms with van der Waals surface area (Å²) in [4.78, 5) is 13.1. The van der Waals surface area contributed by atoms with Crippen LogP contribution in [0.1, 0.15) is 19.3 Å². The van der Waals surface area contributed by atoms with E-state index >= 15 is 0 Å². The fraction of sp³-hybridized carbons (Fsp3) is 0.909. The predicted molar refractivity (Wildman–Crippen MR) is 57.4 cm³/mol. The summed E-state index contributed by atoms with van der Waals surface area (Å²) in [6, 6.07) is 0. The lowest BCUT2D eigenvalue weighted by molar-refractivity contribution is 0.129. The predicted octanol–water partition coefficient (Wildman–Crippen LogP) is 1.06. The van der Waals surface area contributed by atoms with Crippen LogP contribution < -0.4 is 5.73 Å². The third-order valence-corrected chi connectivity index (χ3v) is 3.76. The van der Waals surface area contributed by atoms with Gasteiger partial charge in [-0.05, 0) is 43.6 Å². The van der Waals surface area contributed by atoms with Crippen LogP contribution in [0.4, 0.5) is 4.79 Å². The Labute approximate surface area is 90.8 Å². The van der Waals surface area contributed by atoms with Gasteiger partial charge in [0.2, 0.25) is 0 Å².